The molecule has 1 rings (SSSR count). The van der Waals surface area contributed by atoms with Crippen LogP contribution in [0.25, 0.3) is 0 Å². The average Bonchev–Trinajstić information content (AvgIpc) is 2.04. The zero-order chi connectivity index (χ0) is 9.90. The second kappa shape index (κ2) is 3.91. The van der Waals surface area contributed by atoms with Gasteiger partial charge in [0.1, 0.15) is 0 Å². The predicted molar refractivity (Wildman–Crippen MR) is 55.8 cm³/mol. The van der Waals surface area contributed by atoms with Crippen molar-refractivity contribution in [2.45, 2.75) is 46.0 Å². The van der Waals surface area contributed by atoms with Gasteiger partial charge in [0.2, 0.25) is 0 Å². The van der Waals surface area contributed by atoms with E-state index in [1.165, 1.54) is 12.0 Å². The van der Waals surface area contributed by atoms with E-state index in [1.807, 2.05) is 6.07 Å². The third-order valence-corrected chi connectivity index (χ3v) is 2.06. The van der Waals surface area contributed by atoms with Crippen molar-refractivity contribution < 1.29 is 0 Å². The summed E-state index contributed by atoms with van der Waals surface area (Å²) in [5.41, 5.74) is 2.63. The molecule has 0 amide bonds. The van der Waals surface area contributed by atoms with Gasteiger partial charge in [0.05, 0.1) is 6.20 Å². The SMILES string of the molecule is CCCc1c[c]nc(C(C)(C)C)c1. The highest BCUT2D eigenvalue weighted by atomic mass is 14.7. The van der Waals surface area contributed by atoms with Crippen molar-refractivity contribution in [1.29, 1.82) is 0 Å². The predicted octanol–water partition coefficient (Wildman–Crippen LogP) is 3.13. The molecule has 1 aromatic heterocycles. The summed E-state index contributed by atoms with van der Waals surface area (Å²) >= 11 is 0. The van der Waals surface area contributed by atoms with Crippen LogP contribution in [0, 0.1) is 6.20 Å². The van der Waals surface area contributed by atoms with Gasteiger partial charge < -0.3 is 0 Å². The van der Waals surface area contributed by atoms with Crippen molar-refractivity contribution in [2.75, 3.05) is 0 Å². The number of aryl methyl sites for hydroxylation is 1. The molecule has 0 spiro atoms. The highest BCUT2D eigenvalue weighted by molar-refractivity contribution is 5.20. The summed E-state index contributed by atoms with van der Waals surface area (Å²) in [5, 5.41) is 0. The number of nitrogens with zero attached hydrogens (tertiary/aromatic N) is 1. The number of hydrogen-bond donors (Lipinski definition) is 0. The van der Waals surface area contributed by atoms with E-state index < -0.39 is 0 Å². The van der Waals surface area contributed by atoms with Crippen molar-refractivity contribution in [3.63, 3.8) is 0 Å². The highest BCUT2D eigenvalue weighted by Gasteiger charge is 2.15. The number of pyridine rings is 1. The largest absolute Gasteiger partial charge is 0.251 e. The average molecular weight is 176 g/mol. The van der Waals surface area contributed by atoms with Crippen LogP contribution in [0.5, 0.6) is 0 Å². The Labute approximate surface area is 81.2 Å². The lowest BCUT2D eigenvalue weighted by Crippen LogP contribution is -2.13. The molecule has 0 saturated carbocycles. The van der Waals surface area contributed by atoms with Gasteiger partial charge in [-0.05, 0) is 24.1 Å². The molecule has 0 bridgehead atoms. The first-order chi connectivity index (χ1) is 6.04. The van der Waals surface area contributed by atoms with Crippen LogP contribution >= 0.6 is 0 Å². The van der Waals surface area contributed by atoms with E-state index >= 15 is 0 Å². The van der Waals surface area contributed by atoms with Crippen molar-refractivity contribution in [3.8, 4) is 0 Å². The van der Waals surface area contributed by atoms with Gasteiger partial charge in [-0.25, -0.2) is 0 Å². The van der Waals surface area contributed by atoms with Crippen LogP contribution in [0.4, 0.5) is 0 Å². The Morgan fingerprint density at radius 1 is 1.38 bits per heavy atom. The van der Waals surface area contributed by atoms with Gasteiger partial charge in [-0.1, -0.05) is 34.1 Å². The molecule has 0 aromatic carbocycles. The van der Waals surface area contributed by atoms with Crippen LogP contribution in [-0.4, -0.2) is 4.98 Å². The van der Waals surface area contributed by atoms with Crippen LogP contribution < -0.4 is 0 Å². The van der Waals surface area contributed by atoms with Crippen molar-refractivity contribution in [1.82, 2.24) is 4.98 Å². The molecule has 13 heavy (non-hydrogen) atoms. The van der Waals surface area contributed by atoms with Crippen LogP contribution in [0.2, 0.25) is 0 Å². The Bertz CT molecular complexity index is 271. The molecule has 0 aliphatic carbocycles. The molecule has 1 heteroatoms. The minimum Gasteiger partial charge on any atom is -0.251 e. The molecular weight excluding hydrogens is 158 g/mol. The summed E-state index contributed by atoms with van der Waals surface area (Å²) in [6, 6.07) is 4.18. The third kappa shape index (κ3) is 2.83. The molecule has 0 saturated heterocycles. The Hall–Kier alpha value is -0.850. The van der Waals surface area contributed by atoms with Gasteiger partial charge in [-0.2, -0.15) is 0 Å². The van der Waals surface area contributed by atoms with Gasteiger partial charge in [-0.3, -0.25) is 4.98 Å². The van der Waals surface area contributed by atoms with Crippen molar-refractivity contribution >= 4 is 0 Å². The number of hydrogen-bond acceptors (Lipinski definition) is 1. The Morgan fingerprint density at radius 2 is 2.08 bits per heavy atom. The smallest absolute Gasteiger partial charge is 0.0892 e. The fourth-order valence-electron chi connectivity index (χ4n) is 1.25. The summed E-state index contributed by atoms with van der Waals surface area (Å²) in [6.45, 7) is 8.73. The van der Waals surface area contributed by atoms with E-state index in [0.717, 1.165) is 12.1 Å². The maximum absolute atomic E-state index is 4.27. The first-order valence-electron chi connectivity index (χ1n) is 4.91. The lowest BCUT2D eigenvalue weighted by Gasteiger charge is -2.17. The van der Waals surface area contributed by atoms with E-state index in [1.54, 1.807) is 0 Å². The fraction of sp³-hybridized carbons (Fsp3) is 0.583. The Balaban J connectivity index is 2.92. The van der Waals surface area contributed by atoms with Gasteiger partial charge in [0.15, 0.2) is 0 Å². The van der Waals surface area contributed by atoms with E-state index in [-0.39, 0.29) is 5.41 Å². The van der Waals surface area contributed by atoms with Crippen LogP contribution in [-0.2, 0) is 11.8 Å². The van der Waals surface area contributed by atoms with Gasteiger partial charge in [0, 0.05) is 11.1 Å². The number of aromatic nitrogens is 1. The van der Waals surface area contributed by atoms with E-state index in [4.69, 9.17) is 0 Å². The zero-order valence-corrected chi connectivity index (χ0v) is 9.02. The van der Waals surface area contributed by atoms with E-state index in [2.05, 4.69) is 44.9 Å². The normalized spacial score (nSPS) is 11.7. The topological polar surface area (TPSA) is 12.9 Å². The molecule has 0 N–H and O–H groups in total. The van der Waals surface area contributed by atoms with Crippen LogP contribution in [0.3, 0.4) is 0 Å². The standard InChI is InChI=1S/C12H18N/c1-5-6-10-7-8-13-11(9-10)12(2,3)4/h7,9H,5-6H2,1-4H3. The molecule has 1 radical (unpaired) electrons. The summed E-state index contributed by atoms with van der Waals surface area (Å²) in [4.78, 5) is 4.27. The molecule has 0 aliphatic rings. The van der Waals surface area contributed by atoms with Crippen molar-refractivity contribution in [2.24, 2.45) is 0 Å². The maximum Gasteiger partial charge on any atom is 0.0892 e. The van der Waals surface area contributed by atoms with E-state index in [9.17, 15) is 0 Å². The summed E-state index contributed by atoms with van der Waals surface area (Å²) in [6.07, 6.45) is 5.28. The first kappa shape index (κ1) is 10.2. The summed E-state index contributed by atoms with van der Waals surface area (Å²) < 4.78 is 0. The number of rotatable bonds is 2. The molecule has 1 aromatic rings. The van der Waals surface area contributed by atoms with Gasteiger partial charge >= 0.3 is 0 Å². The van der Waals surface area contributed by atoms with Crippen LogP contribution in [0.1, 0.15) is 45.4 Å². The Kier molecular flexibility index (Phi) is 3.07. The zero-order valence-electron chi connectivity index (χ0n) is 9.02. The monoisotopic (exact) mass is 176 g/mol. The molecule has 0 atom stereocenters. The molecule has 0 aliphatic heterocycles. The summed E-state index contributed by atoms with van der Waals surface area (Å²) in [7, 11) is 0. The minimum absolute atomic E-state index is 0.139. The lowest BCUT2D eigenvalue weighted by atomic mass is 9.90. The lowest BCUT2D eigenvalue weighted by molar-refractivity contribution is 0.567. The van der Waals surface area contributed by atoms with Crippen LogP contribution in [0.15, 0.2) is 12.1 Å². The first-order valence-corrected chi connectivity index (χ1v) is 4.91. The molecular formula is C12H18N. The molecule has 71 valence electrons. The summed E-state index contributed by atoms with van der Waals surface area (Å²) in [5.74, 6) is 0. The molecule has 1 nitrogen and oxygen atoms in total. The fourth-order valence-corrected chi connectivity index (χ4v) is 1.25. The maximum atomic E-state index is 4.27. The van der Waals surface area contributed by atoms with E-state index in [0.29, 0.717) is 0 Å². The second-order valence-electron chi connectivity index (χ2n) is 4.49. The minimum atomic E-state index is 0.139. The second-order valence-corrected chi connectivity index (χ2v) is 4.49. The van der Waals surface area contributed by atoms with Gasteiger partial charge in [-0.15, -0.1) is 0 Å². The van der Waals surface area contributed by atoms with Crippen molar-refractivity contribution in [3.05, 3.63) is 29.6 Å². The third-order valence-electron chi connectivity index (χ3n) is 2.06. The van der Waals surface area contributed by atoms with Gasteiger partial charge in [0.25, 0.3) is 0 Å². The molecule has 0 fully saturated rings. The molecule has 0 unspecified atom stereocenters. The Morgan fingerprint density at radius 3 is 2.62 bits per heavy atom. The highest BCUT2D eigenvalue weighted by Crippen LogP contribution is 2.20. The molecule has 1 heterocycles. The quantitative estimate of drug-likeness (QED) is 0.674.